The first-order chi connectivity index (χ1) is 10.1. The fourth-order valence-electron chi connectivity index (χ4n) is 1.76. The predicted molar refractivity (Wildman–Crippen MR) is 91.8 cm³/mol. The zero-order chi connectivity index (χ0) is 15.7. The second-order valence-electron chi connectivity index (χ2n) is 4.83. The van der Waals surface area contributed by atoms with E-state index in [4.69, 9.17) is 9.47 Å². The number of carbonyl (C=O) groups is 1. The van der Waals surface area contributed by atoms with Gasteiger partial charge in [-0.15, -0.1) is 0 Å². The minimum absolute atomic E-state index is 0.214. The Balaban J connectivity index is 2.75. The molecule has 0 spiro atoms. The molecular formula is C16H22Br2O3. The molecule has 5 heteroatoms. The first kappa shape index (κ1) is 18.5. The van der Waals surface area contributed by atoms with E-state index in [-0.39, 0.29) is 12.4 Å². The summed E-state index contributed by atoms with van der Waals surface area (Å²) < 4.78 is 12.8. The molecule has 1 aromatic carbocycles. The van der Waals surface area contributed by atoms with Gasteiger partial charge in [-0.05, 0) is 40.9 Å². The van der Waals surface area contributed by atoms with Crippen LogP contribution >= 0.6 is 31.9 Å². The van der Waals surface area contributed by atoms with Crippen LogP contribution in [0.2, 0.25) is 0 Å². The molecule has 0 aliphatic rings. The number of hydrogen-bond acceptors (Lipinski definition) is 3. The number of benzene rings is 1. The topological polar surface area (TPSA) is 35.5 Å². The molecule has 0 aliphatic carbocycles. The van der Waals surface area contributed by atoms with Crippen molar-refractivity contribution in [2.45, 2.75) is 46.0 Å². The molecule has 0 amide bonds. The molecule has 0 aliphatic heterocycles. The Kier molecular flexibility index (Phi) is 9.00. The zero-order valence-corrected chi connectivity index (χ0v) is 15.8. The van der Waals surface area contributed by atoms with Gasteiger partial charge in [0.1, 0.15) is 5.75 Å². The molecule has 0 N–H and O–H groups in total. The maximum Gasteiger partial charge on any atom is 0.310 e. The highest BCUT2D eigenvalue weighted by molar-refractivity contribution is 9.11. The van der Waals surface area contributed by atoms with Crippen LogP contribution in [0, 0.1) is 0 Å². The van der Waals surface area contributed by atoms with E-state index < -0.39 is 0 Å². The van der Waals surface area contributed by atoms with Crippen molar-refractivity contribution >= 4 is 37.8 Å². The first-order valence-corrected chi connectivity index (χ1v) is 8.93. The van der Waals surface area contributed by atoms with Gasteiger partial charge in [0.25, 0.3) is 0 Å². The van der Waals surface area contributed by atoms with Crippen molar-refractivity contribution in [3.05, 3.63) is 26.6 Å². The SMILES string of the molecule is CCCCOC(=O)Cc1cc(Br)cc(Br)c1OCCCC. The van der Waals surface area contributed by atoms with Crippen LogP contribution in [-0.2, 0) is 16.0 Å². The molecule has 0 radical (unpaired) electrons. The summed E-state index contributed by atoms with van der Waals surface area (Å²) in [4.78, 5) is 11.9. The molecular weight excluding hydrogens is 400 g/mol. The highest BCUT2D eigenvalue weighted by Crippen LogP contribution is 2.33. The molecule has 118 valence electrons. The lowest BCUT2D eigenvalue weighted by atomic mass is 10.1. The Bertz CT molecular complexity index is 461. The average Bonchev–Trinajstić information content (AvgIpc) is 2.42. The van der Waals surface area contributed by atoms with Crippen LogP contribution in [0.5, 0.6) is 5.75 Å². The molecule has 21 heavy (non-hydrogen) atoms. The fraction of sp³-hybridized carbons (Fsp3) is 0.562. The number of esters is 1. The number of ether oxygens (including phenoxy) is 2. The van der Waals surface area contributed by atoms with Crippen LogP contribution in [0.15, 0.2) is 21.1 Å². The van der Waals surface area contributed by atoms with Gasteiger partial charge < -0.3 is 9.47 Å². The average molecular weight is 422 g/mol. The highest BCUT2D eigenvalue weighted by atomic mass is 79.9. The van der Waals surface area contributed by atoms with Crippen LogP contribution in [0.25, 0.3) is 0 Å². The molecule has 0 heterocycles. The second-order valence-corrected chi connectivity index (χ2v) is 6.60. The Hall–Kier alpha value is -0.550. The molecule has 1 rings (SSSR count). The fourth-order valence-corrected chi connectivity index (χ4v) is 3.19. The molecule has 1 aromatic rings. The maximum atomic E-state index is 11.9. The Labute approximate surface area is 143 Å². The van der Waals surface area contributed by atoms with E-state index in [2.05, 4.69) is 45.7 Å². The summed E-state index contributed by atoms with van der Waals surface area (Å²) in [7, 11) is 0. The number of hydrogen-bond donors (Lipinski definition) is 0. The molecule has 0 saturated heterocycles. The third kappa shape index (κ3) is 6.83. The Morgan fingerprint density at radius 2 is 1.76 bits per heavy atom. The standard InChI is InChI=1S/C16H22Br2O3/c1-3-5-7-20-15(19)10-12-9-13(17)11-14(18)16(12)21-8-6-4-2/h9,11H,3-8,10H2,1-2H3. The first-order valence-electron chi connectivity index (χ1n) is 7.34. The molecule has 0 unspecified atom stereocenters. The van der Waals surface area contributed by atoms with Gasteiger partial charge in [-0.25, -0.2) is 0 Å². The smallest absolute Gasteiger partial charge is 0.310 e. The minimum Gasteiger partial charge on any atom is -0.492 e. The molecule has 0 bridgehead atoms. The number of unbranched alkanes of at least 4 members (excludes halogenated alkanes) is 2. The van der Waals surface area contributed by atoms with Gasteiger partial charge >= 0.3 is 5.97 Å². The van der Waals surface area contributed by atoms with Gasteiger partial charge in [0, 0.05) is 10.0 Å². The van der Waals surface area contributed by atoms with Crippen molar-refractivity contribution in [3.8, 4) is 5.75 Å². The summed E-state index contributed by atoms with van der Waals surface area (Å²) in [6.45, 7) is 5.32. The van der Waals surface area contributed by atoms with Crippen molar-refractivity contribution in [2.24, 2.45) is 0 Å². The van der Waals surface area contributed by atoms with Crippen molar-refractivity contribution in [1.82, 2.24) is 0 Å². The van der Waals surface area contributed by atoms with Gasteiger partial charge in [0.15, 0.2) is 0 Å². The molecule has 0 saturated carbocycles. The summed E-state index contributed by atoms with van der Waals surface area (Å²) in [5, 5.41) is 0. The lowest BCUT2D eigenvalue weighted by Gasteiger charge is -2.14. The van der Waals surface area contributed by atoms with E-state index in [1.54, 1.807) is 0 Å². The maximum absolute atomic E-state index is 11.9. The second kappa shape index (κ2) is 10.2. The summed E-state index contributed by atoms with van der Waals surface area (Å²) in [5.74, 6) is 0.521. The minimum atomic E-state index is -0.214. The van der Waals surface area contributed by atoms with Crippen LogP contribution in [0.1, 0.15) is 45.1 Å². The van der Waals surface area contributed by atoms with Crippen LogP contribution < -0.4 is 4.74 Å². The lowest BCUT2D eigenvalue weighted by Crippen LogP contribution is -2.11. The third-order valence-electron chi connectivity index (χ3n) is 2.93. The zero-order valence-electron chi connectivity index (χ0n) is 12.6. The number of halogens is 2. The van der Waals surface area contributed by atoms with Crippen LogP contribution in [0.3, 0.4) is 0 Å². The van der Waals surface area contributed by atoms with Gasteiger partial charge in [-0.3, -0.25) is 4.79 Å². The van der Waals surface area contributed by atoms with E-state index in [0.29, 0.717) is 13.2 Å². The van der Waals surface area contributed by atoms with E-state index in [1.165, 1.54) is 0 Å². The molecule has 3 nitrogen and oxygen atoms in total. The van der Waals surface area contributed by atoms with Crippen LogP contribution in [0.4, 0.5) is 0 Å². The third-order valence-corrected chi connectivity index (χ3v) is 3.97. The van der Waals surface area contributed by atoms with Gasteiger partial charge in [0.05, 0.1) is 24.1 Å². The predicted octanol–water partition coefficient (Wildman–Crippen LogP) is 5.28. The number of carbonyl (C=O) groups excluding carboxylic acids is 1. The molecule has 0 fully saturated rings. The van der Waals surface area contributed by atoms with E-state index in [1.807, 2.05) is 12.1 Å². The molecule has 0 aromatic heterocycles. The summed E-state index contributed by atoms with van der Waals surface area (Å²) >= 11 is 6.94. The highest BCUT2D eigenvalue weighted by Gasteiger charge is 2.14. The summed E-state index contributed by atoms with van der Waals surface area (Å²) in [6.07, 6.45) is 4.20. The van der Waals surface area contributed by atoms with Crippen LogP contribution in [-0.4, -0.2) is 19.2 Å². The van der Waals surface area contributed by atoms with E-state index >= 15 is 0 Å². The normalized spacial score (nSPS) is 10.5. The molecule has 0 atom stereocenters. The summed E-state index contributed by atoms with van der Waals surface area (Å²) in [6, 6.07) is 3.83. The van der Waals surface area contributed by atoms with E-state index in [0.717, 1.165) is 45.9 Å². The Morgan fingerprint density at radius 3 is 2.43 bits per heavy atom. The Morgan fingerprint density at radius 1 is 1.10 bits per heavy atom. The van der Waals surface area contributed by atoms with Gasteiger partial charge in [0.2, 0.25) is 0 Å². The monoisotopic (exact) mass is 420 g/mol. The lowest BCUT2D eigenvalue weighted by molar-refractivity contribution is -0.142. The largest absolute Gasteiger partial charge is 0.492 e. The summed E-state index contributed by atoms with van der Waals surface area (Å²) in [5.41, 5.74) is 0.842. The van der Waals surface area contributed by atoms with E-state index in [9.17, 15) is 4.79 Å². The van der Waals surface area contributed by atoms with Crippen molar-refractivity contribution in [1.29, 1.82) is 0 Å². The quantitative estimate of drug-likeness (QED) is 0.402. The van der Waals surface area contributed by atoms with Crippen molar-refractivity contribution in [3.63, 3.8) is 0 Å². The van der Waals surface area contributed by atoms with Gasteiger partial charge in [-0.2, -0.15) is 0 Å². The number of rotatable bonds is 9. The van der Waals surface area contributed by atoms with Crippen molar-refractivity contribution in [2.75, 3.05) is 13.2 Å². The van der Waals surface area contributed by atoms with Crippen molar-refractivity contribution < 1.29 is 14.3 Å². The van der Waals surface area contributed by atoms with Gasteiger partial charge in [-0.1, -0.05) is 42.6 Å².